The van der Waals surface area contributed by atoms with Gasteiger partial charge in [-0.2, -0.15) is 0 Å². The van der Waals surface area contributed by atoms with Crippen LogP contribution in [0.1, 0.15) is 25.3 Å². The standard InChI is InChI=1S/C17H26ClN3O/c1-14-4-3-10-21(13-14)11-9-20-17(22)19-8-7-15-5-2-6-16(18)12-15/h2,5-6,12,14H,3-4,7-11,13H2,1H3,(H2,19,20,22). The Kier molecular flexibility index (Phi) is 7.00. The maximum Gasteiger partial charge on any atom is 0.314 e. The van der Waals surface area contributed by atoms with E-state index in [2.05, 4.69) is 22.5 Å². The number of hydrogen-bond donors (Lipinski definition) is 2. The summed E-state index contributed by atoms with van der Waals surface area (Å²) in [6.45, 7) is 6.86. The van der Waals surface area contributed by atoms with Gasteiger partial charge in [0, 0.05) is 31.2 Å². The fourth-order valence-corrected chi connectivity index (χ4v) is 3.11. The molecule has 1 aromatic carbocycles. The predicted octanol–water partition coefficient (Wildman–Crippen LogP) is 2.91. The fraction of sp³-hybridized carbons (Fsp3) is 0.588. The van der Waals surface area contributed by atoms with Gasteiger partial charge in [0.05, 0.1) is 0 Å². The first-order valence-electron chi connectivity index (χ1n) is 8.12. The van der Waals surface area contributed by atoms with Gasteiger partial charge in [0.1, 0.15) is 0 Å². The maximum atomic E-state index is 11.7. The maximum absolute atomic E-state index is 11.7. The normalized spacial score (nSPS) is 18.9. The molecule has 1 unspecified atom stereocenters. The van der Waals surface area contributed by atoms with E-state index in [0.29, 0.717) is 13.1 Å². The van der Waals surface area contributed by atoms with Gasteiger partial charge in [0.15, 0.2) is 0 Å². The third kappa shape index (κ3) is 6.24. The summed E-state index contributed by atoms with van der Waals surface area (Å²) in [6.07, 6.45) is 3.39. The van der Waals surface area contributed by atoms with E-state index in [1.165, 1.54) is 12.8 Å². The van der Waals surface area contributed by atoms with Gasteiger partial charge >= 0.3 is 6.03 Å². The van der Waals surface area contributed by atoms with Crippen molar-refractivity contribution >= 4 is 17.6 Å². The number of benzene rings is 1. The molecule has 0 aromatic heterocycles. The van der Waals surface area contributed by atoms with Gasteiger partial charge in [-0.05, 0) is 49.4 Å². The Morgan fingerprint density at radius 2 is 2.18 bits per heavy atom. The molecule has 5 heteroatoms. The summed E-state index contributed by atoms with van der Waals surface area (Å²) in [6, 6.07) is 7.64. The number of amides is 2. The van der Waals surface area contributed by atoms with Gasteiger partial charge in [0.2, 0.25) is 0 Å². The Balaban J connectivity index is 1.56. The van der Waals surface area contributed by atoms with Crippen LogP contribution in [0, 0.1) is 5.92 Å². The van der Waals surface area contributed by atoms with Crippen LogP contribution in [0.15, 0.2) is 24.3 Å². The molecule has 0 aliphatic carbocycles. The molecule has 0 spiro atoms. The Morgan fingerprint density at radius 1 is 1.36 bits per heavy atom. The Labute approximate surface area is 138 Å². The average Bonchev–Trinajstić information content (AvgIpc) is 2.47. The molecule has 1 heterocycles. The van der Waals surface area contributed by atoms with Gasteiger partial charge in [-0.3, -0.25) is 0 Å². The second-order valence-electron chi connectivity index (χ2n) is 6.11. The van der Waals surface area contributed by atoms with Crippen molar-refractivity contribution in [2.24, 2.45) is 5.92 Å². The van der Waals surface area contributed by atoms with Crippen molar-refractivity contribution in [2.45, 2.75) is 26.2 Å². The first-order chi connectivity index (χ1) is 10.6. The van der Waals surface area contributed by atoms with Crippen molar-refractivity contribution in [1.29, 1.82) is 0 Å². The Morgan fingerprint density at radius 3 is 2.95 bits per heavy atom. The zero-order valence-corrected chi connectivity index (χ0v) is 14.0. The van der Waals surface area contributed by atoms with Crippen LogP contribution in [0.4, 0.5) is 4.79 Å². The third-order valence-electron chi connectivity index (χ3n) is 4.04. The van der Waals surface area contributed by atoms with Gasteiger partial charge in [0.25, 0.3) is 0 Å². The predicted molar refractivity (Wildman–Crippen MR) is 91.4 cm³/mol. The summed E-state index contributed by atoms with van der Waals surface area (Å²) in [5, 5.41) is 6.54. The second kappa shape index (κ2) is 9.01. The monoisotopic (exact) mass is 323 g/mol. The highest BCUT2D eigenvalue weighted by Crippen LogP contribution is 2.14. The van der Waals surface area contributed by atoms with E-state index in [9.17, 15) is 4.79 Å². The third-order valence-corrected chi connectivity index (χ3v) is 4.28. The van der Waals surface area contributed by atoms with Crippen molar-refractivity contribution < 1.29 is 4.79 Å². The highest BCUT2D eigenvalue weighted by atomic mass is 35.5. The molecule has 1 aliphatic heterocycles. The molecule has 1 aliphatic rings. The lowest BCUT2D eigenvalue weighted by Gasteiger charge is -2.30. The van der Waals surface area contributed by atoms with E-state index in [1.807, 2.05) is 24.3 Å². The number of nitrogens with one attached hydrogen (secondary N) is 2. The molecule has 4 nitrogen and oxygen atoms in total. The molecule has 2 amide bonds. The zero-order valence-electron chi connectivity index (χ0n) is 13.3. The number of nitrogens with zero attached hydrogens (tertiary/aromatic N) is 1. The summed E-state index contributed by atoms with van der Waals surface area (Å²) < 4.78 is 0. The van der Waals surface area contributed by atoms with Gasteiger partial charge in [-0.15, -0.1) is 0 Å². The minimum Gasteiger partial charge on any atom is -0.338 e. The number of rotatable bonds is 6. The zero-order chi connectivity index (χ0) is 15.8. The highest BCUT2D eigenvalue weighted by molar-refractivity contribution is 6.30. The average molecular weight is 324 g/mol. The highest BCUT2D eigenvalue weighted by Gasteiger charge is 2.15. The Bertz CT molecular complexity index is 481. The van der Waals surface area contributed by atoms with E-state index in [-0.39, 0.29) is 6.03 Å². The van der Waals surface area contributed by atoms with Gasteiger partial charge in [-0.25, -0.2) is 4.79 Å². The first-order valence-corrected chi connectivity index (χ1v) is 8.50. The fourth-order valence-electron chi connectivity index (χ4n) is 2.89. The molecule has 2 N–H and O–H groups in total. The molecule has 1 aromatic rings. The number of carbonyl (C=O) groups excluding carboxylic acids is 1. The minimum atomic E-state index is -0.0907. The van der Waals surface area contributed by atoms with E-state index < -0.39 is 0 Å². The summed E-state index contributed by atoms with van der Waals surface area (Å²) in [4.78, 5) is 14.2. The summed E-state index contributed by atoms with van der Waals surface area (Å²) in [5.41, 5.74) is 1.13. The first kappa shape index (κ1) is 17.1. The second-order valence-corrected chi connectivity index (χ2v) is 6.55. The molecule has 0 saturated carbocycles. The number of likely N-dealkylation sites (tertiary alicyclic amines) is 1. The van der Waals surface area contributed by atoms with E-state index in [0.717, 1.165) is 42.6 Å². The summed E-state index contributed by atoms with van der Waals surface area (Å²) in [5.74, 6) is 0.778. The molecule has 1 fully saturated rings. The van der Waals surface area contributed by atoms with Crippen molar-refractivity contribution in [2.75, 3.05) is 32.7 Å². The quantitative estimate of drug-likeness (QED) is 0.845. The number of urea groups is 1. The molecular weight excluding hydrogens is 298 g/mol. The number of piperidine rings is 1. The molecule has 0 bridgehead atoms. The lowest BCUT2D eigenvalue weighted by atomic mass is 10.0. The lowest BCUT2D eigenvalue weighted by Crippen LogP contribution is -2.43. The van der Waals surface area contributed by atoms with Crippen molar-refractivity contribution in [3.05, 3.63) is 34.9 Å². The lowest BCUT2D eigenvalue weighted by molar-refractivity contribution is 0.184. The van der Waals surface area contributed by atoms with E-state index in [4.69, 9.17) is 11.6 Å². The molecule has 1 saturated heterocycles. The summed E-state index contributed by atoms with van der Waals surface area (Å²) >= 11 is 5.93. The molecule has 2 rings (SSSR count). The summed E-state index contributed by atoms with van der Waals surface area (Å²) in [7, 11) is 0. The molecule has 1 atom stereocenters. The molecule has 122 valence electrons. The SMILES string of the molecule is CC1CCCN(CCNC(=O)NCCc2cccc(Cl)c2)C1. The van der Waals surface area contributed by atoms with Crippen LogP contribution in [-0.4, -0.2) is 43.7 Å². The smallest absolute Gasteiger partial charge is 0.314 e. The van der Waals surface area contributed by atoms with Crippen LogP contribution in [0.25, 0.3) is 0 Å². The number of carbonyl (C=O) groups is 1. The largest absolute Gasteiger partial charge is 0.338 e. The van der Waals surface area contributed by atoms with Crippen molar-refractivity contribution in [1.82, 2.24) is 15.5 Å². The minimum absolute atomic E-state index is 0.0907. The topological polar surface area (TPSA) is 44.4 Å². The van der Waals surface area contributed by atoms with Gasteiger partial charge in [-0.1, -0.05) is 30.7 Å². The van der Waals surface area contributed by atoms with Crippen LogP contribution in [0.3, 0.4) is 0 Å². The van der Waals surface area contributed by atoms with Crippen LogP contribution in [0.2, 0.25) is 5.02 Å². The van der Waals surface area contributed by atoms with Gasteiger partial charge < -0.3 is 15.5 Å². The van der Waals surface area contributed by atoms with Crippen molar-refractivity contribution in [3.63, 3.8) is 0 Å². The molecular formula is C17H26ClN3O. The van der Waals surface area contributed by atoms with E-state index >= 15 is 0 Å². The number of hydrogen-bond acceptors (Lipinski definition) is 2. The van der Waals surface area contributed by atoms with Crippen molar-refractivity contribution in [3.8, 4) is 0 Å². The van der Waals surface area contributed by atoms with Crippen LogP contribution < -0.4 is 10.6 Å². The van der Waals surface area contributed by atoms with Crippen LogP contribution in [0.5, 0.6) is 0 Å². The van der Waals surface area contributed by atoms with Crippen LogP contribution >= 0.6 is 11.6 Å². The molecule has 22 heavy (non-hydrogen) atoms. The van der Waals surface area contributed by atoms with Crippen LogP contribution in [-0.2, 0) is 6.42 Å². The van der Waals surface area contributed by atoms with E-state index in [1.54, 1.807) is 0 Å². The number of halogens is 1. The Hall–Kier alpha value is -1.26. The molecule has 0 radical (unpaired) electrons.